The molecular formula is C9H10NNaO4. The predicted octanol–water partition coefficient (Wildman–Crippen LogP) is -1.84. The molecule has 0 saturated heterocycles. The van der Waals surface area contributed by atoms with Gasteiger partial charge in [-0.25, -0.2) is 14.6 Å². The molecule has 5 nitrogen and oxygen atoms in total. The van der Waals surface area contributed by atoms with Crippen LogP contribution < -0.4 is 29.6 Å². The average Bonchev–Trinajstić information content (AvgIpc) is 2.16. The molecule has 0 aliphatic carbocycles. The van der Waals surface area contributed by atoms with Crippen LogP contribution in [0.1, 0.15) is 34.8 Å². The molecule has 0 spiro atoms. The van der Waals surface area contributed by atoms with E-state index in [9.17, 15) is 9.59 Å². The zero-order chi connectivity index (χ0) is 10.7. The fraction of sp³-hybridized carbons (Fsp3) is 0.222. The molecule has 0 atom stereocenters. The molecule has 0 aliphatic rings. The summed E-state index contributed by atoms with van der Waals surface area (Å²) in [6.07, 6.45) is 1.99. The molecule has 0 aliphatic heterocycles. The molecule has 0 unspecified atom stereocenters. The van der Waals surface area contributed by atoms with Gasteiger partial charge in [0.25, 0.3) is 0 Å². The Labute approximate surface area is 110 Å². The van der Waals surface area contributed by atoms with Crippen LogP contribution in [0.4, 0.5) is 0 Å². The van der Waals surface area contributed by atoms with Gasteiger partial charge in [-0.3, -0.25) is 0 Å². The fourth-order valence-corrected chi connectivity index (χ4v) is 1.03. The van der Waals surface area contributed by atoms with Crippen molar-refractivity contribution in [1.82, 2.24) is 4.98 Å². The first kappa shape index (κ1) is 14.1. The van der Waals surface area contributed by atoms with Crippen molar-refractivity contribution in [3.63, 3.8) is 0 Å². The summed E-state index contributed by atoms with van der Waals surface area (Å²) in [4.78, 5) is 24.9. The SMILES string of the molecule is CCc1cnc(C(=O)O)c(C(=O)O)c1.[H-].[Na+]. The van der Waals surface area contributed by atoms with E-state index in [4.69, 9.17) is 10.2 Å². The molecule has 1 heterocycles. The Balaban J connectivity index is 0. The third-order valence-electron chi connectivity index (χ3n) is 1.79. The van der Waals surface area contributed by atoms with Crippen LogP contribution in [0.5, 0.6) is 0 Å². The van der Waals surface area contributed by atoms with Crippen molar-refractivity contribution >= 4 is 11.9 Å². The number of rotatable bonds is 3. The topological polar surface area (TPSA) is 87.5 Å². The van der Waals surface area contributed by atoms with E-state index in [2.05, 4.69) is 4.98 Å². The Morgan fingerprint density at radius 2 is 2.00 bits per heavy atom. The third kappa shape index (κ3) is 3.30. The van der Waals surface area contributed by atoms with Gasteiger partial charge in [0, 0.05) is 6.20 Å². The number of hydrogen-bond donors (Lipinski definition) is 2. The van der Waals surface area contributed by atoms with Gasteiger partial charge in [-0.2, -0.15) is 0 Å². The maximum absolute atomic E-state index is 10.7. The van der Waals surface area contributed by atoms with Crippen LogP contribution in [0.15, 0.2) is 12.3 Å². The van der Waals surface area contributed by atoms with Crippen molar-refractivity contribution in [2.24, 2.45) is 0 Å². The second-order valence-corrected chi connectivity index (χ2v) is 2.70. The molecule has 2 N–H and O–H groups in total. The second kappa shape index (κ2) is 5.85. The summed E-state index contributed by atoms with van der Waals surface area (Å²) in [6.45, 7) is 1.84. The van der Waals surface area contributed by atoms with Gasteiger partial charge < -0.3 is 11.6 Å². The van der Waals surface area contributed by atoms with Gasteiger partial charge in [0.2, 0.25) is 0 Å². The zero-order valence-electron chi connectivity index (χ0n) is 9.52. The summed E-state index contributed by atoms with van der Waals surface area (Å²) in [6, 6.07) is 1.33. The van der Waals surface area contributed by atoms with Crippen LogP contribution in [-0.2, 0) is 6.42 Å². The number of carboxylic acid groups (broad SMARTS) is 2. The number of nitrogens with zero attached hydrogens (tertiary/aromatic N) is 1. The number of carboxylic acids is 2. The predicted molar refractivity (Wildman–Crippen MR) is 48.6 cm³/mol. The van der Waals surface area contributed by atoms with E-state index in [0.717, 1.165) is 0 Å². The first-order valence-electron chi connectivity index (χ1n) is 4.01. The van der Waals surface area contributed by atoms with Crippen molar-refractivity contribution in [3.8, 4) is 0 Å². The average molecular weight is 219 g/mol. The van der Waals surface area contributed by atoms with Crippen molar-refractivity contribution < 1.29 is 50.8 Å². The first-order chi connectivity index (χ1) is 6.56. The minimum Gasteiger partial charge on any atom is -1.00 e. The normalized spacial score (nSPS) is 9.13. The van der Waals surface area contributed by atoms with Crippen LogP contribution in [-0.4, -0.2) is 27.1 Å². The first-order valence-corrected chi connectivity index (χ1v) is 4.01. The number of aromatic nitrogens is 1. The number of aromatic carboxylic acids is 2. The van der Waals surface area contributed by atoms with E-state index in [1.807, 2.05) is 6.92 Å². The zero-order valence-corrected chi connectivity index (χ0v) is 10.5. The Morgan fingerprint density at radius 3 is 2.40 bits per heavy atom. The minimum atomic E-state index is -1.33. The second-order valence-electron chi connectivity index (χ2n) is 2.70. The van der Waals surface area contributed by atoms with Crippen molar-refractivity contribution in [2.45, 2.75) is 13.3 Å². The van der Waals surface area contributed by atoms with E-state index in [1.54, 1.807) is 0 Å². The summed E-state index contributed by atoms with van der Waals surface area (Å²) in [5, 5.41) is 17.4. The molecule has 0 radical (unpaired) electrons. The third-order valence-corrected chi connectivity index (χ3v) is 1.79. The summed E-state index contributed by atoms with van der Waals surface area (Å²) in [5.74, 6) is -2.60. The Morgan fingerprint density at radius 1 is 1.40 bits per heavy atom. The maximum Gasteiger partial charge on any atom is 1.00 e. The monoisotopic (exact) mass is 219 g/mol. The minimum absolute atomic E-state index is 0. The van der Waals surface area contributed by atoms with E-state index >= 15 is 0 Å². The van der Waals surface area contributed by atoms with Gasteiger partial charge in [-0.1, -0.05) is 6.92 Å². The van der Waals surface area contributed by atoms with Gasteiger partial charge in [0.05, 0.1) is 5.56 Å². The van der Waals surface area contributed by atoms with Crippen molar-refractivity contribution in [3.05, 3.63) is 29.1 Å². The van der Waals surface area contributed by atoms with E-state index in [1.165, 1.54) is 12.3 Å². The van der Waals surface area contributed by atoms with E-state index in [-0.39, 0.29) is 36.5 Å². The largest absolute Gasteiger partial charge is 1.00 e. The van der Waals surface area contributed by atoms with Gasteiger partial charge in [-0.05, 0) is 18.1 Å². The van der Waals surface area contributed by atoms with Crippen LogP contribution in [0.3, 0.4) is 0 Å². The Bertz CT molecular complexity index is 397. The summed E-state index contributed by atoms with van der Waals surface area (Å²) in [7, 11) is 0. The number of carbonyl (C=O) groups is 2. The molecule has 76 valence electrons. The smallest absolute Gasteiger partial charge is 1.00 e. The summed E-state index contributed by atoms with van der Waals surface area (Å²) < 4.78 is 0. The van der Waals surface area contributed by atoms with Crippen LogP contribution in [0.25, 0.3) is 0 Å². The van der Waals surface area contributed by atoms with E-state index < -0.39 is 17.6 Å². The number of aryl methyl sites for hydroxylation is 1. The molecule has 6 heteroatoms. The van der Waals surface area contributed by atoms with Gasteiger partial charge in [0.15, 0.2) is 5.69 Å². The molecule has 0 aromatic carbocycles. The molecule has 0 saturated carbocycles. The maximum atomic E-state index is 10.7. The van der Waals surface area contributed by atoms with E-state index in [0.29, 0.717) is 12.0 Å². The van der Waals surface area contributed by atoms with Crippen molar-refractivity contribution in [2.75, 3.05) is 0 Å². The molecule has 0 amide bonds. The van der Waals surface area contributed by atoms with Crippen LogP contribution in [0, 0.1) is 0 Å². The van der Waals surface area contributed by atoms with Gasteiger partial charge in [0.1, 0.15) is 0 Å². The Kier molecular flexibility index (Phi) is 5.49. The standard InChI is InChI=1S/C9H9NO4.Na.H/c1-2-5-3-6(8(11)12)7(9(13)14)10-4-5;;/h3-4H,2H2,1H3,(H,11,12)(H,13,14);;/q;+1;-1. The fourth-order valence-electron chi connectivity index (χ4n) is 1.03. The molecule has 0 fully saturated rings. The van der Waals surface area contributed by atoms with Crippen LogP contribution >= 0.6 is 0 Å². The quantitative estimate of drug-likeness (QED) is 0.583. The molecule has 15 heavy (non-hydrogen) atoms. The summed E-state index contributed by atoms with van der Waals surface area (Å²) in [5.41, 5.74) is 0.0129. The van der Waals surface area contributed by atoms with Crippen LogP contribution in [0.2, 0.25) is 0 Å². The Hall–Kier alpha value is -0.910. The van der Waals surface area contributed by atoms with Gasteiger partial charge >= 0.3 is 41.5 Å². The number of pyridine rings is 1. The summed E-state index contributed by atoms with van der Waals surface area (Å²) >= 11 is 0. The molecule has 0 bridgehead atoms. The molecular weight excluding hydrogens is 209 g/mol. The molecule has 1 rings (SSSR count). The van der Waals surface area contributed by atoms with Gasteiger partial charge in [-0.15, -0.1) is 0 Å². The number of hydrogen-bond acceptors (Lipinski definition) is 3. The van der Waals surface area contributed by atoms with Crippen molar-refractivity contribution in [1.29, 1.82) is 0 Å². The molecule has 1 aromatic heterocycles. The molecule has 1 aromatic rings.